The van der Waals surface area contributed by atoms with E-state index in [0.717, 1.165) is 35.4 Å². The lowest BCUT2D eigenvalue weighted by molar-refractivity contribution is -0.153. The van der Waals surface area contributed by atoms with Crippen molar-refractivity contribution in [2.24, 2.45) is 0 Å². The van der Waals surface area contributed by atoms with E-state index in [-0.39, 0.29) is 13.1 Å². The van der Waals surface area contributed by atoms with Gasteiger partial charge < -0.3 is 30.1 Å². The molecule has 1 fully saturated rings. The van der Waals surface area contributed by atoms with Crippen molar-refractivity contribution in [1.82, 2.24) is 10.2 Å². The van der Waals surface area contributed by atoms with Crippen LogP contribution in [0.3, 0.4) is 0 Å². The number of nitrogens with zero attached hydrogens (tertiary/aromatic N) is 2. The third-order valence-corrected chi connectivity index (χ3v) is 5.34. The van der Waals surface area contributed by atoms with Crippen LogP contribution in [-0.2, 0) is 20.9 Å². The van der Waals surface area contributed by atoms with Gasteiger partial charge in [-0.2, -0.15) is 0 Å². The highest BCUT2D eigenvalue weighted by Gasteiger charge is 2.34. The van der Waals surface area contributed by atoms with Gasteiger partial charge in [0.25, 0.3) is 11.8 Å². The topological polar surface area (TPSA) is 110 Å². The summed E-state index contributed by atoms with van der Waals surface area (Å²) in [5, 5.41) is 23.0. The number of hydrogen-bond donors (Lipinski definition) is 3. The van der Waals surface area contributed by atoms with Crippen molar-refractivity contribution >= 4 is 24.3 Å². The van der Waals surface area contributed by atoms with Crippen LogP contribution in [0.25, 0.3) is 0 Å². The summed E-state index contributed by atoms with van der Waals surface area (Å²) < 4.78 is 0. The normalized spacial score (nSPS) is 14.3. The molecular formula is C31H53N3O5. The summed E-state index contributed by atoms with van der Waals surface area (Å²) in [5.41, 5.74) is 3.67. The Bertz CT molecular complexity index is 852. The largest absolute Gasteiger partial charge is 0.380 e. The zero-order valence-corrected chi connectivity index (χ0v) is 25.5. The summed E-state index contributed by atoms with van der Waals surface area (Å²) in [5.74, 6) is -1.49. The maximum Gasteiger partial charge on any atom is 0.255 e. The molecule has 2 unspecified atom stereocenters. The number of amides is 2. The Hall–Kier alpha value is -3.23. The predicted octanol–water partition coefficient (Wildman–Crippen LogP) is 4.67. The van der Waals surface area contributed by atoms with Gasteiger partial charge in [0.05, 0.1) is 0 Å². The van der Waals surface area contributed by atoms with Crippen LogP contribution in [0.5, 0.6) is 0 Å². The molecule has 0 radical (unpaired) electrons. The van der Waals surface area contributed by atoms with E-state index in [1.807, 2.05) is 85.7 Å². The molecule has 39 heavy (non-hydrogen) atoms. The minimum Gasteiger partial charge on any atom is -0.380 e. The molecule has 0 aliphatic carbocycles. The molecule has 1 saturated heterocycles. The lowest BCUT2D eigenvalue weighted by atomic mass is 9.98. The highest BCUT2D eigenvalue weighted by atomic mass is 16.3. The summed E-state index contributed by atoms with van der Waals surface area (Å²) in [4.78, 5) is 36.3. The number of aliphatic hydroxyl groups is 2. The molecule has 2 atom stereocenters. The summed E-state index contributed by atoms with van der Waals surface area (Å²) in [6.07, 6.45) is 1.46. The number of nitrogens with one attached hydrogen (secondary N) is 1. The fourth-order valence-electron chi connectivity index (χ4n) is 3.47. The zero-order chi connectivity index (χ0) is 31.0. The number of anilines is 1. The van der Waals surface area contributed by atoms with Gasteiger partial charge in [0.15, 0.2) is 12.2 Å². The second kappa shape index (κ2) is 25.1. The zero-order valence-electron chi connectivity index (χ0n) is 25.5. The number of piperidine rings is 1. The number of carbonyl (C=O) groups excluding carboxylic acids is 3. The quantitative estimate of drug-likeness (QED) is 0.415. The number of likely N-dealkylation sites (tertiary alicyclic amines) is 1. The van der Waals surface area contributed by atoms with Crippen LogP contribution in [0, 0.1) is 0 Å². The maximum absolute atomic E-state index is 12.5. The molecule has 1 aliphatic rings. The van der Waals surface area contributed by atoms with Gasteiger partial charge in [0, 0.05) is 38.9 Å². The summed E-state index contributed by atoms with van der Waals surface area (Å²) >= 11 is 0. The molecule has 0 bridgehead atoms. The van der Waals surface area contributed by atoms with Crippen molar-refractivity contribution in [3.63, 3.8) is 0 Å². The van der Waals surface area contributed by atoms with E-state index in [4.69, 9.17) is 4.79 Å². The first-order valence-electron chi connectivity index (χ1n) is 13.8. The van der Waals surface area contributed by atoms with E-state index in [1.54, 1.807) is 6.08 Å². The molecule has 8 nitrogen and oxygen atoms in total. The van der Waals surface area contributed by atoms with Crippen LogP contribution in [0.15, 0.2) is 60.7 Å². The van der Waals surface area contributed by atoms with Gasteiger partial charge >= 0.3 is 0 Å². The second-order valence-corrected chi connectivity index (χ2v) is 7.74. The first kappa shape index (κ1) is 40.3. The van der Waals surface area contributed by atoms with Crippen molar-refractivity contribution in [3.05, 3.63) is 66.3 Å². The van der Waals surface area contributed by atoms with E-state index in [1.165, 1.54) is 4.90 Å². The van der Waals surface area contributed by atoms with Crippen molar-refractivity contribution in [2.45, 2.75) is 80.1 Å². The SMILES string of the molecule is C=C/C=C1/CCN(C(=O)C(O)C(O)C(=O)NCc2ccc(N(C)CCC)cc2)CC1=C.C=O.CC.CC.CC. The van der Waals surface area contributed by atoms with Crippen molar-refractivity contribution < 1.29 is 24.6 Å². The lowest BCUT2D eigenvalue weighted by Crippen LogP contribution is -2.52. The van der Waals surface area contributed by atoms with Crippen LogP contribution < -0.4 is 10.2 Å². The second-order valence-electron chi connectivity index (χ2n) is 7.74. The molecule has 2 rings (SSSR count). The molecule has 2 amide bonds. The Morgan fingerprint density at radius 3 is 2.05 bits per heavy atom. The summed E-state index contributed by atoms with van der Waals surface area (Å²) in [7, 11) is 2.02. The molecule has 0 spiro atoms. The van der Waals surface area contributed by atoms with Crippen LogP contribution >= 0.6 is 0 Å². The molecule has 1 heterocycles. The molecule has 1 aromatic rings. The standard InChI is InChI=1S/C24H33N3O4.3C2H6.CH2O/c1-5-7-19-12-14-27(16-17(19)3)24(31)22(29)21(28)23(30)25-15-18-8-10-20(11-9-18)26(4)13-6-2;4*1-2/h5,7-11,21-22,28-29H,1,3,6,12-16H2,2,4H3,(H,25,30);3*1-2H3;1H2/b19-7-;;;;. The average Bonchev–Trinajstić information content (AvgIpc) is 3.00. The highest BCUT2D eigenvalue weighted by Crippen LogP contribution is 2.21. The molecular weight excluding hydrogens is 494 g/mol. The Labute approximate surface area is 237 Å². The fourth-order valence-corrected chi connectivity index (χ4v) is 3.47. The van der Waals surface area contributed by atoms with Gasteiger partial charge in [-0.05, 0) is 41.7 Å². The summed E-state index contributed by atoms with van der Waals surface area (Å²) in [6, 6.07) is 7.71. The third-order valence-electron chi connectivity index (χ3n) is 5.34. The first-order valence-corrected chi connectivity index (χ1v) is 13.8. The van der Waals surface area contributed by atoms with Gasteiger partial charge in [-0.1, -0.05) is 85.9 Å². The highest BCUT2D eigenvalue weighted by molar-refractivity contribution is 5.91. The molecule has 1 aromatic carbocycles. The molecule has 0 aromatic heterocycles. The van der Waals surface area contributed by atoms with Gasteiger partial charge in [0.1, 0.15) is 6.79 Å². The van der Waals surface area contributed by atoms with E-state index in [9.17, 15) is 19.8 Å². The molecule has 3 N–H and O–H groups in total. The number of carbonyl (C=O) groups is 3. The minimum absolute atomic E-state index is 0.185. The van der Waals surface area contributed by atoms with Crippen LogP contribution in [0.4, 0.5) is 5.69 Å². The molecule has 1 aliphatic heterocycles. The molecule has 8 heteroatoms. The Kier molecular flexibility index (Phi) is 25.9. The number of hydrogen-bond acceptors (Lipinski definition) is 6. The molecule has 222 valence electrons. The Morgan fingerprint density at radius 1 is 1.05 bits per heavy atom. The van der Waals surface area contributed by atoms with Crippen LogP contribution in [0.2, 0.25) is 0 Å². The minimum atomic E-state index is -1.85. The van der Waals surface area contributed by atoms with Crippen LogP contribution in [-0.4, -0.2) is 72.6 Å². The van der Waals surface area contributed by atoms with E-state index >= 15 is 0 Å². The first-order chi connectivity index (χ1) is 18.8. The maximum atomic E-state index is 12.5. The lowest BCUT2D eigenvalue weighted by Gasteiger charge is -2.32. The molecule has 0 saturated carbocycles. The van der Waals surface area contributed by atoms with Gasteiger partial charge in [-0.3, -0.25) is 9.59 Å². The van der Waals surface area contributed by atoms with E-state index < -0.39 is 24.0 Å². The summed E-state index contributed by atoms with van der Waals surface area (Å²) in [6.45, 7) is 25.5. The predicted molar refractivity (Wildman–Crippen MR) is 164 cm³/mol. The number of aliphatic hydroxyl groups excluding tert-OH is 2. The van der Waals surface area contributed by atoms with Gasteiger partial charge in [0.2, 0.25) is 0 Å². The van der Waals surface area contributed by atoms with Crippen LogP contribution in [0.1, 0.15) is 66.9 Å². The monoisotopic (exact) mass is 547 g/mol. The van der Waals surface area contributed by atoms with Crippen molar-refractivity contribution in [3.8, 4) is 0 Å². The fraction of sp³-hybridized carbons (Fsp3) is 0.516. The Balaban J connectivity index is -0.00000148. The van der Waals surface area contributed by atoms with Gasteiger partial charge in [-0.15, -0.1) is 0 Å². The van der Waals surface area contributed by atoms with E-state index in [2.05, 4.69) is 30.3 Å². The number of allylic oxidation sites excluding steroid dienone is 2. The average molecular weight is 548 g/mol. The Morgan fingerprint density at radius 2 is 1.59 bits per heavy atom. The smallest absolute Gasteiger partial charge is 0.255 e. The van der Waals surface area contributed by atoms with Crippen molar-refractivity contribution in [2.75, 3.05) is 31.6 Å². The van der Waals surface area contributed by atoms with E-state index in [0.29, 0.717) is 13.0 Å². The van der Waals surface area contributed by atoms with Gasteiger partial charge in [-0.25, -0.2) is 0 Å². The number of benzene rings is 1. The van der Waals surface area contributed by atoms with Crippen molar-refractivity contribution in [1.29, 1.82) is 0 Å². The third kappa shape index (κ3) is 14.5. The number of rotatable bonds is 9.